The first-order chi connectivity index (χ1) is 10.2. The molecule has 0 aliphatic carbocycles. The van der Waals surface area contributed by atoms with E-state index in [-0.39, 0.29) is 6.10 Å². The first-order valence-corrected chi connectivity index (χ1v) is 8.03. The molecular weight excluding hydrogens is 264 g/mol. The van der Waals surface area contributed by atoms with Crippen LogP contribution in [-0.2, 0) is 0 Å². The average molecular weight is 292 g/mol. The highest BCUT2D eigenvalue weighted by Gasteiger charge is 2.19. The molecule has 1 aliphatic heterocycles. The highest BCUT2D eigenvalue weighted by atomic mass is 16.5. The summed E-state index contributed by atoms with van der Waals surface area (Å²) in [6.45, 7) is 5.11. The van der Waals surface area contributed by atoms with Crippen molar-refractivity contribution >= 4 is 5.69 Å². The van der Waals surface area contributed by atoms with Crippen LogP contribution in [0.25, 0.3) is 0 Å². The number of nitrogens with one attached hydrogen (secondary N) is 1. The molecule has 21 heavy (non-hydrogen) atoms. The van der Waals surface area contributed by atoms with Crippen molar-refractivity contribution in [2.75, 3.05) is 31.6 Å². The van der Waals surface area contributed by atoms with Gasteiger partial charge in [0, 0.05) is 24.8 Å². The minimum Gasteiger partial charge on any atom is -0.497 e. The Morgan fingerprint density at radius 2 is 1.95 bits per heavy atom. The standard InChI is InChI=1S/C17H28N2O2/c1-3-16(20)8-11-18-14-9-12-19(13-10-14)15-4-6-17(21-2)7-5-15/h4-7,14,16,18,20H,3,8-13H2,1-2H3. The van der Waals surface area contributed by atoms with Crippen molar-refractivity contribution in [3.8, 4) is 5.75 Å². The molecule has 1 aromatic carbocycles. The van der Waals surface area contributed by atoms with Crippen molar-refractivity contribution < 1.29 is 9.84 Å². The van der Waals surface area contributed by atoms with Gasteiger partial charge >= 0.3 is 0 Å². The van der Waals surface area contributed by atoms with E-state index in [1.807, 2.05) is 19.1 Å². The molecule has 0 aromatic heterocycles. The van der Waals surface area contributed by atoms with Crippen LogP contribution >= 0.6 is 0 Å². The summed E-state index contributed by atoms with van der Waals surface area (Å²) >= 11 is 0. The average Bonchev–Trinajstić information content (AvgIpc) is 2.55. The van der Waals surface area contributed by atoms with Crippen LogP contribution in [0.5, 0.6) is 5.75 Å². The number of aliphatic hydroxyl groups excluding tert-OH is 1. The van der Waals surface area contributed by atoms with Gasteiger partial charge in [0.25, 0.3) is 0 Å². The second kappa shape index (κ2) is 8.25. The van der Waals surface area contributed by atoms with Crippen molar-refractivity contribution in [1.29, 1.82) is 0 Å². The Labute approximate surface area is 128 Å². The van der Waals surface area contributed by atoms with Crippen LogP contribution in [0.15, 0.2) is 24.3 Å². The summed E-state index contributed by atoms with van der Waals surface area (Å²) in [5.74, 6) is 0.907. The van der Waals surface area contributed by atoms with Crippen LogP contribution in [0.1, 0.15) is 32.6 Å². The number of benzene rings is 1. The summed E-state index contributed by atoms with van der Waals surface area (Å²) in [6, 6.07) is 8.88. The van der Waals surface area contributed by atoms with Gasteiger partial charge in [0.05, 0.1) is 13.2 Å². The second-order valence-corrected chi connectivity index (χ2v) is 5.76. The summed E-state index contributed by atoms with van der Waals surface area (Å²) < 4.78 is 5.20. The molecule has 2 N–H and O–H groups in total. The lowest BCUT2D eigenvalue weighted by Gasteiger charge is -2.34. The van der Waals surface area contributed by atoms with Crippen LogP contribution in [0.2, 0.25) is 0 Å². The summed E-state index contributed by atoms with van der Waals surface area (Å²) in [7, 11) is 1.70. The molecule has 1 unspecified atom stereocenters. The maximum absolute atomic E-state index is 9.56. The number of nitrogens with zero attached hydrogens (tertiary/aromatic N) is 1. The molecule has 0 amide bonds. The van der Waals surface area contributed by atoms with Crippen molar-refractivity contribution in [2.24, 2.45) is 0 Å². The zero-order chi connectivity index (χ0) is 15.1. The van der Waals surface area contributed by atoms with Crippen LogP contribution in [-0.4, -0.2) is 44.0 Å². The Bertz CT molecular complexity index is 400. The van der Waals surface area contributed by atoms with Crippen LogP contribution in [0.4, 0.5) is 5.69 Å². The zero-order valence-electron chi connectivity index (χ0n) is 13.2. The van der Waals surface area contributed by atoms with Crippen LogP contribution in [0.3, 0.4) is 0 Å². The molecular formula is C17H28N2O2. The molecule has 0 spiro atoms. The van der Waals surface area contributed by atoms with E-state index in [1.165, 1.54) is 5.69 Å². The molecule has 0 saturated carbocycles. The van der Waals surface area contributed by atoms with Gasteiger partial charge in [-0.15, -0.1) is 0 Å². The highest BCUT2D eigenvalue weighted by molar-refractivity contribution is 5.49. The third kappa shape index (κ3) is 4.90. The molecule has 1 atom stereocenters. The minimum absolute atomic E-state index is 0.156. The van der Waals surface area contributed by atoms with Gasteiger partial charge in [-0.1, -0.05) is 6.92 Å². The lowest BCUT2D eigenvalue weighted by Crippen LogP contribution is -2.43. The van der Waals surface area contributed by atoms with Crippen molar-refractivity contribution in [2.45, 2.75) is 44.8 Å². The fourth-order valence-electron chi connectivity index (χ4n) is 2.79. The molecule has 118 valence electrons. The molecule has 1 saturated heterocycles. The van der Waals surface area contributed by atoms with Crippen molar-refractivity contribution in [1.82, 2.24) is 5.32 Å². The van der Waals surface area contributed by atoms with Crippen molar-refractivity contribution in [3.63, 3.8) is 0 Å². The van der Waals surface area contributed by atoms with E-state index in [4.69, 9.17) is 4.74 Å². The maximum Gasteiger partial charge on any atom is 0.119 e. The number of aliphatic hydroxyl groups is 1. The molecule has 4 nitrogen and oxygen atoms in total. The van der Waals surface area contributed by atoms with Gasteiger partial charge in [-0.3, -0.25) is 0 Å². The van der Waals surface area contributed by atoms with Gasteiger partial charge in [0.15, 0.2) is 0 Å². The molecule has 1 aliphatic rings. The van der Waals surface area contributed by atoms with E-state index >= 15 is 0 Å². The largest absolute Gasteiger partial charge is 0.497 e. The van der Waals surface area contributed by atoms with E-state index in [0.717, 1.165) is 51.1 Å². The minimum atomic E-state index is -0.156. The smallest absolute Gasteiger partial charge is 0.119 e. The van der Waals surface area contributed by atoms with E-state index in [0.29, 0.717) is 6.04 Å². The summed E-state index contributed by atoms with van der Waals surface area (Å²) in [6.07, 6.45) is 3.87. The van der Waals surface area contributed by atoms with Gasteiger partial charge in [-0.25, -0.2) is 0 Å². The Morgan fingerprint density at radius 1 is 1.29 bits per heavy atom. The molecule has 1 fully saturated rings. The molecule has 4 heteroatoms. The van der Waals surface area contributed by atoms with E-state index in [9.17, 15) is 5.11 Å². The molecule has 1 heterocycles. The van der Waals surface area contributed by atoms with Gasteiger partial charge in [-0.05, 0) is 56.5 Å². The number of piperidine rings is 1. The SMILES string of the molecule is CCC(O)CCNC1CCN(c2ccc(OC)cc2)CC1. The molecule has 2 rings (SSSR count). The third-order valence-electron chi connectivity index (χ3n) is 4.31. The zero-order valence-corrected chi connectivity index (χ0v) is 13.2. The van der Waals surface area contributed by atoms with Gasteiger partial charge in [-0.2, -0.15) is 0 Å². The number of anilines is 1. The summed E-state index contributed by atoms with van der Waals surface area (Å²) in [5.41, 5.74) is 1.27. The molecule has 0 radical (unpaired) electrons. The van der Waals surface area contributed by atoms with Crippen LogP contribution < -0.4 is 15.0 Å². The monoisotopic (exact) mass is 292 g/mol. The Morgan fingerprint density at radius 3 is 2.52 bits per heavy atom. The predicted octanol–water partition coefficient (Wildman–Crippen LogP) is 2.41. The van der Waals surface area contributed by atoms with E-state index in [2.05, 4.69) is 22.3 Å². The van der Waals surface area contributed by atoms with Crippen molar-refractivity contribution in [3.05, 3.63) is 24.3 Å². The lowest BCUT2D eigenvalue weighted by molar-refractivity contribution is 0.158. The maximum atomic E-state index is 9.56. The van der Waals surface area contributed by atoms with Gasteiger partial charge < -0.3 is 20.1 Å². The summed E-state index contributed by atoms with van der Waals surface area (Å²) in [5, 5.41) is 13.1. The Hall–Kier alpha value is -1.26. The number of ether oxygens (including phenoxy) is 1. The molecule has 0 bridgehead atoms. The molecule has 1 aromatic rings. The first-order valence-electron chi connectivity index (χ1n) is 8.03. The topological polar surface area (TPSA) is 44.7 Å². The normalized spacial score (nSPS) is 17.8. The van der Waals surface area contributed by atoms with Crippen LogP contribution in [0, 0.1) is 0 Å². The quantitative estimate of drug-likeness (QED) is 0.810. The number of hydrogen-bond donors (Lipinski definition) is 2. The highest BCUT2D eigenvalue weighted by Crippen LogP contribution is 2.22. The lowest BCUT2D eigenvalue weighted by atomic mass is 10.0. The van der Waals surface area contributed by atoms with E-state index in [1.54, 1.807) is 7.11 Å². The number of rotatable bonds is 7. The number of methoxy groups -OCH3 is 1. The van der Waals surface area contributed by atoms with Gasteiger partial charge in [0.1, 0.15) is 5.75 Å². The number of hydrogen-bond acceptors (Lipinski definition) is 4. The fraction of sp³-hybridized carbons (Fsp3) is 0.647. The summed E-state index contributed by atoms with van der Waals surface area (Å²) in [4.78, 5) is 2.43. The Kier molecular flexibility index (Phi) is 6.33. The predicted molar refractivity (Wildman–Crippen MR) is 87.1 cm³/mol. The fourth-order valence-corrected chi connectivity index (χ4v) is 2.79. The second-order valence-electron chi connectivity index (χ2n) is 5.76. The third-order valence-corrected chi connectivity index (χ3v) is 4.31. The first kappa shape index (κ1) is 16.1. The van der Waals surface area contributed by atoms with E-state index < -0.39 is 0 Å². The van der Waals surface area contributed by atoms with Gasteiger partial charge in [0.2, 0.25) is 0 Å². The Balaban J connectivity index is 1.72.